The summed E-state index contributed by atoms with van der Waals surface area (Å²) in [5.74, 6) is -0.219. The third-order valence-electron chi connectivity index (χ3n) is 5.96. The number of halogens is 1. The third-order valence-corrected chi connectivity index (χ3v) is 5.96. The molecule has 7 heteroatoms. The van der Waals surface area contributed by atoms with Gasteiger partial charge in [-0.05, 0) is 47.3 Å². The first-order valence-electron chi connectivity index (χ1n) is 11.6. The minimum absolute atomic E-state index is 0.127. The molecule has 0 unspecified atom stereocenters. The Hall–Kier alpha value is -4.13. The normalized spacial score (nSPS) is 10.9. The zero-order valence-corrected chi connectivity index (χ0v) is 19.7. The maximum absolute atomic E-state index is 14.7. The van der Waals surface area contributed by atoms with E-state index in [1.807, 2.05) is 50.2 Å². The molecule has 0 radical (unpaired) electrons. The first kappa shape index (κ1) is 24.0. The Kier molecular flexibility index (Phi) is 7.15. The van der Waals surface area contributed by atoms with Gasteiger partial charge in [0.05, 0.1) is 17.8 Å². The molecule has 0 aliphatic carbocycles. The molecule has 1 aromatic heterocycles. The van der Waals surface area contributed by atoms with Gasteiger partial charge < -0.3 is 5.11 Å². The Bertz CT molecular complexity index is 1430. The highest BCUT2D eigenvalue weighted by molar-refractivity contribution is 5.75. The molecule has 0 aliphatic heterocycles. The second kappa shape index (κ2) is 10.4. The van der Waals surface area contributed by atoms with E-state index in [9.17, 15) is 19.2 Å². The summed E-state index contributed by atoms with van der Waals surface area (Å²) in [7, 11) is 0. The van der Waals surface area contributed by atoms with Crippen LogP contribution in [0.4, 0.5) is 10.1 Å². The monoisotopic (exact) mass is 471 g/mol. The van der Waals surface area contributed by atoms with Gasteiger partial charge >= 0.3 is 0 Å². The minimum Gasteiger partial charge on any atom is -0.508 e. The SMILES string of the molecule is CCCc1nc(CC)c(-c2ccc(O)cc2F)c(=O)n1Cc1ccc(-c2ccccc2N=O)cc1. The Morgan fingerprint density at radius 1 is 1.00 bits per heavy atom. The van der Waals surface area contributed by atoms with Crippen molar-refractivity contribution < 1.29 is 9.50 Å². The van der Waals surface area contributed by atoms with E-state index in [1.54, 1.807) is 16.7 Å². The molecule has 0 aliphatic rings. The molecular weight excluding hydrogens is 445 g/mol. The maximum atomic E-state index is 14.7. The second-order valence-corrected chi connectivity index (χ2v) is 8.31. The Morgan fingerprint density at radius 3 is 2.40 bits per heavy atom. The maximum Gasteiger partial charge on any atom is 0.262 e. The van der Waals surface area contributed by atoms with E-state index in [0.29, 0.717) is 30.0 Å². The van der Waals surface area contributed by atoms with Crippen molar-refractivity contribution in [2.75, 3.05) is 0 Å². The molecule has 0 saturated carbocycles. The number of aromatic hydroxyl groups is 1. The fourth-order valence-electron chi connectivity index (χ4n) is 4.23. The van der Waals surface area contributed by atoms with Crippen LogP contribution in [0, 0.1) is 10.7 Å². The van der Waals surface area contributed by atoms with Gasteiger partial charge in [-0.3, -0.25) is 9.36 Å². The molecule has 4 aromatic rings. The predicted molar refractivity (Wildman–Crippen MR) is 135 cm³/mol. The van der Waals surface area contributed by atoms with Crippen LogP contribution in [-0.4, -0.2) is 14.7 Å². The highest BCUT2D eigenvalue weighted by Crippen LogP contribution is 2.30. The summed E-state index contributed by atoms with van der Waals surface area (Å²) in [5.41, 5.74) is 3.37. The molecule has 35 heavy (non-hydrogen) atoms. The molecule has 0 amide bonds. The smallest absolute Gasteiger partial charge is 0.262 e. The molecule has 1 heterocycles. The van der Waals surface area contributed by atoms with E-state index < -0.39 is 5.82 Å². The first-order chi connectivity index (χ1) is 17.0. The van der Waals surface area contributed by atoms with Crippen molar-refractivity contribution in [3.05, 3.63) is 105 Å². The summed E-state index contributed by atoms with van der Waals surface area (Å²) in [6.07, 6.45) is 1.88. The zero-order chi connectivity index (χ0) is 24.9. The van der Waals surface area contributed by atoms with Gasteiger partial charge in [-0.25, -0.2) is 9.37 Å². The summed E-state index contributed by atoms with van der Waals surface area (Å²) in [5, 5.41) is 12.7. The fourth-order valence-corrected chi connectivity index (χ4v) is 4.23. The molecular formula is C28H26FN3O3. The van der Waals surface area contributed by atoms with Gasteiger partial charge in [0.15, 0.2) is 0 Å². The van der Waals surface area contributed by atoms with Crippen molar-refractivity contribution >= 4 is 5.69 Å². The quantitative estimate of drug-likeness (QED) is 0.302. The van der Waals surface area contributed by atoms with Gasteiger partial charge in [-0.2, -0.15) is 0 Å². The molecule has 0 saturated heterocycles. The van der Waals surface area contributed by atoms with Crippen molar-refractivity contribution in [1.29, 1.82) is 0 Å². The van der Waals surface area contributed by atoms with Gasteiger partial charge in [-0.15, -0.1) is 4.91 Å². The Morgan fingerprint density at radius 2 is 1.74 bits per heavy atom. The van der Waals surface area contributed by atoms with Gasteiger partial charge in [0, 0.05) is 23.6 Å². The number of hydrogen-bond donors (Lipinski definition) is 1. The summed E-state index contributed by atoms with van der Waals surface area (Å²) in [6.45, 7) is 4.17. The van der Waals surface area contributed by atoms with E-state index in [2.05, 4.69) is 5.18 Å². The summed E-state index contributed by atoms with van der Waals surface area (Å²) in [4.78, 5) is 29.6. The molecule has 0 bridgehead atoms. The number of phenolic OH excluding ortho intramolecular Hbond substituents is 1. The van der Waals surface area contributed by atoms with Crippen molar-refractivity contribution in [2.45, 2.75) is 39.7 Å². The molecule has 6 nitrogen and oxygen atoms in total. The lowest BCUT2D eigenvalue weighted by Crippen LogP contribution is -2.29. The number of aryl methyl sites for hydroxylation is 2. The molecule has 0 spiro atoms. The number of phenols is 1. The lowest BCUT2D eigenvalue weighted by atomic mass is 10.0. The minimum atomic E-state index is -0.666. The highest BCUT2D eigenvalue weighted by atomic mass is 19.1. The lowest BCUT2D eigenvalue weighted by molar-refractivity contribution is 0.469. The van der Waals surface area contributed by atoms with Crippen molar-refractivity contribution in [3.63, 3.8) is 0 Å². The number of benzene rings is 3. The number of nitrogens with zero attached hydrogens (tertiary/aromatic N) is 3. The Labute approximate surface area is 202 Å². The highest BCUT2D eigenvalue weighted by Gasteiger charge is 2.20. The van der Waals surface area contributed by atoms with Crippen LogP contribution in [0.1, 0.15) is 37.4 Å². The average molecular weight is 472 g/mol. The molecule has 1 N–H and O–H groups in total. The van der Waals surface area contributed by atoms with Crippen LogP contribution in [-0.2, 0) is 19.4 Å². The molecule has 0 atom stereocenters. The van der Waals surface area contributed by atoms with Crippen LogP contribution in [0.5, 0.6) is 5.75 Å². The van der Waals surface area contributed by atoms with E-state index in [1.165, 1.54) is 12.1 Å². The fraction of sp³-hybridized carbons (Fsp3) is 0.214. The van der Waals surface area contributed by atoms with E-state index in [0.717, 1.165) is 29.2 Å². The largest absolute Gasteiger partial charge is 0.508 e. The van der Waals surface area contributed by atoms with E-state index in [-0.39, 0.29) is 29.0 Å². The van der Waals surface area contributed by atoms with Crippen LogP contribution >= 0.6 is 0 Å². The van der Waals surface area contributed by atoms with Crippen LogP contribution in [0.25, 0.3) is 22.3 Å². The predicted octanol–water partition coefficient (Wildman–Crippen LogP) is 6.38. The molecule has 0 fully saturated rings. The van der Waals surface area contributed by atoms with Crippen LogP contribution in [0.15, 0.2) is 76.7 Å². The number of hydrogen-bond acceptors (Lipinski definition) is 5. The summed E-state index contributed by atoms with van der Waals surface area (Å²) >= 11 is 0. The standard InChI is InChI=1S/C28H26FN3O3/c1-3-7-26-30-24(4-2)27(22-15-14-20(33)16-23(22)29)28(34)32(26)17-18-10-12-19(13-11-18)21-8-5-6-9-25(21)31-35/h5-6,8-16,33H,3-4,7,17H2,1-2H3. The van der Waals surface area contributed by atoms with Gasteiger partial charge in [0.1, 0.15) is 23.1 Å². The molecule has 3 aromatic carbocycles. The van der Waals surface area contributed by atoms with Crippen LogP contribution in [0.3, 0.4) is 0 Å². The summed E-state index contributed by atoms with van der Waals surface area (Å²) < 4.78 is 16.3. The van der Waals surface area contributed by atoms with Crippen molar-refractivity contribution in [1.82, 2.24) is 9.55 Å². The van der Waals surface area contributed by atoms with Crippen molar-refractivity contribution in [2.24, 2.45) is 5.18 Å². The second-order valence-electron chi connectivity index (χ2n) is 8.31. The van der Waals surface area contributed by atoms with Gasteiger partial charge in [0.25, 0.3) is 5.56 Å². The van der Waals surface area contributed by atoms with Crippen LogP contribution < -0.4 is 5.56 Å². The Balaban J connectivity index is 1.79. The average Bonchev–Trinajstić information content (AvgIpc) is 2.87. The molecule has 4 rings (SSSR count). The third kappa shape index (κ3) is 4.89. The topological polar surface area (TPSA) is 84.6 Å². The molecule has 178 valence electrons. The van der Waals surface area contributed by atoms with E-state index >= 15 is 0 Å². The number of nitroso groups, excluding NO2 is 1. The lowest BCUT2D eigenvalue weighted by Gasteiger charge is -2.17. The first-order valence-corrected chi connectivity index (χ1v) is 11.6. The number of rotatable bonds is 8. The zero-order valence-electron chi connectivity index (χ0n) is 19.7. The van der Waals surface area contributed by atoms with Gasteiger partial charge in [-0.1, -0.05) is 56.3 Å². The van der Waals surface area contributed by atoms with E-state index in [4.69, 9.17) is 4.98 Å². The van der Waals surface area contributed by atoms with Crippen LogP contribution in [0.2, 0.25) is 0 Å². The van der Waals surface area contributed by atoms with Gasteiger partial charge in [0.2, 0.25) is 0 Å². The number of aromatic nitrogens is 2. The van der Waals surface area contributed by atoms with Crippen molar-refractivity contribution in [3.8, 4) is 28.0 Å². The summed E-state index contributed by atoms with van der Waals surface area (Å²) in [6, 6.07) is 18.5.